The molecule has 0 bridgehead atoms. The van der Waals surface area contributed by atoms with Gasteiger partial charge in [0.05, 0.1) is 6.61 Å². The van der Waals surface area contributed by atoms with Gasteiger partial charge in [-0.15, -0.1) is 0 Å². The molecule has 7 heteroatoms. The molecule has 0 radical (unpaired) electrons. The number of benzene rings is 1. The number of nitrogens with zero attached hydrogens (tertiary/aromatic N) is 2. The molecule has 0 unspecified atom stereocenters. The maximum Gasteiger partial charge on any atom is 0.174 e. The molecule has 20 heavy (non-hydrogen) atoms. The van der Waals surface area contributed by atoms with Crippen molar-refractivity contribution in [2.75, 3.05) is 20.3 Å². The maximum absolute atomic E-state index is 13.4. The van der Waals surface area contributed by atoms with E-state index in [1.165, 1.54) is 29.4 Å². The third-order valence-electron chi connectivity index (χ3n) is 2.53. The Morgan fingerprint density at radius 3 is 3.00 bits per heavy atom. The van der Waals surface area contributed by atoms with E-state index >= 15 is 0 Å². The van der Waals surface area contributed by atoms with Crippen LogP contribution in [0, 0.1) is 12.7 Å². The molecule has 108 valence electrons. The lowest BCUT2D eigenvalue weighted by Crippen LogP contribution is -2.19. The van der Waals surface area contributed by atoms with Crippen LogP contribution in [0.5, 0.6) is 0 Å². The van der Waals surface area contributed by atoms with E-state index in [1.807, 2.05) is 6.92 Å². The summed E-state index contributed by atoms with van der Waals surface area (Å²) < 4.78 is 23.4. The summed E-state index contributed by atoms with van der Waals surface area (Å²) in [6.45, 7) is 3.82. The van der Waals surface area contributed by atoms with Crippen LogP contribution in [0.2, 0.25) is 0 Å². The molecule has 0 saturated carbocycles. The minimum Gasteiger partial charge on any atom is -0.383 e. The molecule has 4 nitrogen and oxygen atoms in total. The molecule has 1 aromatic carbocycles. The van der Waals surface area contributed by atoms with Crippen LogP contribution in [-0.2, 0) is 11.3 Å². The molecular formula is C13H16FN3OS2. The predicted molar refractivity (Wildman–Crippen MR) is 78.8 cm³/mol. The average molecular weight is 313 g/mol. The van der Waals surface area contributed by atoms with E-state index in [4.69, 9.17) is 4.74 Å². The van der Waals surface area contributed by atoms with E-state index in [0.29, 0.717) is 13.2 Å². The van der Waals surface area contributed by atoms with Crippen molar-refractivity contribution in [1.29, 1.82) is 0 Å². The molecule has 2 aromatic rings. The van der Waals surface area contributed by atoms with Gasteiger partial charge in [0.25, 0.3) is 0 Å². The highest BCUT2D eigenvalue weighted by Crippen LogP contribution is 2.31. The van der Waals surface area contributed by atoms with E-state index in [-0.39, 0.29) is 5.82 Å². The van der Waals surface area contributed by atoms with Crippen molar-refractivity contribution in [1.82, 2.24) is 14.7 Å². The summed E-state index contributed by atoms with van der Waals surface area (Å²) in [6.07, 6.45) is 0. The van der Waals surface area contributed by atoms with Gasteiger partial charge in [0.15, 0.2) is 4.34 Å². The number of hydrogen-bond acceptors (Lipinski definition) is 6. The zero-order valence-corrected chi connectivity index (χ0v) is 13.0. The topological polar surface area (TPSA) is 47.0 Å². The molecule has 1 N–H and O–H groups in total. The van der Waals surface area contributed by atoms with Crippen molar-refractivity contribution >= 4 is 23.3 Å². The van der Waals surface area contributed by atoms with Gasteiger partial charge in [0.2, 0.25) is 0 Å². The van der Waals surface area contributed by atoms with E-state index in [9.17, 15) is 4.39 Å². The van der Waals surface area contributed by atoms with E-state index in [2.05, 4.69) is 14.7 Å². The van der Waals surface area contributed by atoms with Crippen molar-refractivity contribution in [3.05, 3.63) is 35.4 Å². The lowest BCUT2D eigenvalue weighted by molar-refractivity contribution is 0.199. The Morgan fingerprint density at radius 1 is 1.45 bits per heavy atom. The highest BCUT2D eigenvalue weighted by atomic mass is 32.2. The SMILES string of the molecule is COCCNCc1cc(F)ccc1Sc1nc(C)ns1. The second kappa shape index (κ2) is 7.68. The molecule has 0 aliphatic heterocycles. The third kappa shape index (κ3) is 4.52. The second-order valence-corrected chi connectivity index (χ2v) is 6.17. The largest absolute Gasteiger partial charge is 0.383 e. The van der Waals surface area contributed by atoms with Gasteiger partial charge in [-0.25, -0.2) is 9.37 Å². The van der Waals surface area contributed by atoms with Crippen LogP contribution >= 0.6 is 23.3 Å². The van der Waals surface area contributed by atoms with Crippen LogP contribution in [0.1, 0.15) is 11.4 Å². The molecule has 0 fully saturated rings. The maximum atomic E-state index is 13.4. The van der Waals surface area contributed by atoms with Gasteiger partial charge < -0.3 is 10.1 Å². The Balaban J connectivity index is 2.06. The molecule has 0 amide bonds. The summed E-state index contributed by atoms with van der Waals surface area (Å²) in [4.78, 5) is 5.31. The van der Waals surface area contributed by atoms with Gasteiger partial charge in [0.1, 0.15) is 11.6 Å². The number of nitrogens with one attached hydrogen (secondary N) is 1. The summed E-state index contributed by atoms with van der Waals surface area (Å²) in [7, 11) is 1.66. The number of methoxy groups -OCH3 is 1. The van der Waals surface area contributed by atoms with Gasteiger partial charge in [-0.3, -0.25) is 0 Å². The van der Waals surface area contributed by atoms with Crippen LogP contribution < -0.4 is 5.32 Å². The summed E-state index contributed by atoms with van der Waals surface area (Å²) in [6, 6.07) is 4.80. The summed E-state index contributed by atoms with van der Waals surface area (Å²) in [5.74, 6) is 0.533. The molecule has 0 atom stereocenters. The minimum atomic E-state index is -0.230. The van der Waals surface area contributed by atoms with Crippen molar-refractivity contribution in [3.63, 3.8) is 0 Å². The monoisotopic (exact) mass is 313 g/mol. The van der Waals surface area contributed by atoms with Crippen molar-refractivity contribution in [2.45, 2.75) is 22.7 Å². The molecule has 2 rings (SSSR count). The normalized spacial score (nSPS) is 10.9. The Kier molecular flexibility index (Phi) is 5.90. The summed E-state index contributed by atoms with van der Waals surface area (Å²) in [5.41, 5.74) is 0.916. The van der Waals surface area contributed by atoms with Crippen LogP contribution in [0.15, 0.2) is 27.4 Å². The molecule has 0 spiro atoms. The Labute approximate surface area is 125 Å². The fraction of sp³-hybridized carbons (Fsp3) is 0.385. The van der Waals surface area contributed by atoms with Crippen LogP contribution in [-0.4, -0.2) is 29.6 Å². The van der Waals surface area contributed by atoms with Gasteiger partial charge in [-0.2, -0.15) is 4.37 Å². The second-order valence-electron chi connectivity index (χ2n) is 4.13. The lowest BCUT2D eigenvalue weighted by Gasteiger charge is -2.09. The number of aromatic nitrogens is 2. The Bertz CT molecular complexity index is 562. The number of ether oxygens (including phenoxy) is 1. The standard InChI is InChI=1S/C13H16FN3OS2/c1-9-16-13(20-17-9)19-12-4-3-11(14)7-10(12)8-15-5-6-18-2/h3-4,7,15H,5-6,8H2,1-2H3. The van der Waals surface area contributed by atoms with E-state index in [1.54, 1.807) is 19.2 Å². The van der Waals surface area contributed by atoms with Gasteiger partial charge >= 0.3 is 0 Å². The number of hydrogen-bond donors (Lipinski definition) is 1. The van der Waals surface area contributed by atoms with Crippen LogP contribution in [0.3, 0.4) is 0 Å². The number of halogens is 1. The Hall–Kier alpha value is -1.02. The van der Waals surface area contributed by atoms with E-state index in [0.717, 1.165) is 27.2 Å². The molecule has 1 aromatic heterocycles. The summed E-state index contributed by atoms with van der Waals surface area (Å²) >= 11 is 2.87. The molecule has 1 heterocycles. The lowest BCUT2D eigenvalue weighted by atomic mass is 10.2. The smallest absolute Gasteiger partial charge is 0.174 e. The zero-order chi connectivity index (χ0) is 14.4. The fourth-order valence-electron chi connectivity index (χ4n) is 1.60. The zero-order valence-electron chi connectivity index (χ0n) is 11.4. The molecular weight excluding hydrogens is 297 g/mol. The molecule has 0 aliphatic rings. The minimum absolute atomic E-state index is 0.230. The van der Waals surface area contributed by atoms with Crippen LogP contribution in [0.25, 0.3) is 0 Å². The average Bonchev–Trinajstić information content (AvgIpc) is 2.83. The predicted octanol–water partition coefficient (Wildman–Crippen LogP) is 2.87. The number of aryl methyl sites for hydroxylation is 1. The first-order valence-electron chi connectivity index (χ1n) is 6.15. The first-order chi connectivity index (χ1) is 9.69. The van der Waals surface area contributed by atoms with Crippen molar-refractivity contribution < 1.29 is 9.13 Å². The quantitative estimate of drug-likeness (QED) is 0.797. The summed E-state index contributed by atoms with van der Waals surface area (Å²) in [5, 5.41) is 3.22. The number of rotatable bonds is 7. The molecule has 0 aliphatic carbocycles. The van der Waals surface area contributed by atoms with Crippen molar-refractivity contribution in [3.8, 4) is 0 Å². The van der Waals surface area contributed by atoms with Gasteiger partial charge in [-0.05, 0) is 42.2 Å². The van der Waals surface area contributed by atoms with Gasteiger partial charge in [-0.1, -0.05) is 11.8 Å². The van der Waals surface area contributed by atoms with Gasteiger partial charge in [0, 0.05) is 25.1 Å². The first-order valence-corrected chi connectivity index (χ1v) is 7.74. The van der Waals surface area contributed by atoms with E-state index < -0.39 is 0 Å². The fourth-order valence-corrected chi connectivity index (χ4v) is 3.31. The molecule has 0 saturated heterocycles. The first kappa shape index (κ1) is 15.4. The van der Waals surface area contributed by atoms with Crippen LogP contribution in [0.4, 0.5) is 4.39 Å². The highest BCUT2D eigenvalue weighted by Gasteiger charge is 2.09. The highest BCUT2D eigenvalue weighted by molar-refractivity contribution is 8.01. The third-order valence-corrected chi connectivity index (χ3v) is 4.49. The van der Waals surface area contributed by atoms with Crippen molar-refractivity contribution in [2.24, 2.45) is 0 Å². The Morgan fingerprint density at radius 2 is 2.30 bits per heavy atom.